The van der Waals surface area contributed by atoms with Crippen LogP contribution in [-0.2, 0) is 9.59 Å². The van der Waals surface area contributed by atoms with E-state index in [0.29, 0.717) is 24.0 Å². The minimum Gasteiger partial charge on any atom is -0.481 e. The average Bonchev–Trinajstić information content (AvgIpc) is 2.42. The minimum atomic E-state index is -0.834. The van der Waals surface area contributed by atoms with Crippen LogP contribution < -0.4 is 5.32 Å². The molecule has 1 saturated heterocycles. The molecule has 1 heterocycles. The number of amides is 1. The van der Waals surface area contributed by atoms with Crippen LogP contribution in [0.2, 0.25) is 0 Å². The second kappa shape index (κ2) is 8.45. The summed E-state index contributed by atoms with van der Waals surface area (Å²) in [4.78, 5) is 24.7. The van der Waals surface area contributed by atoms with Gasteiger partial charge in [0.1, 0.15) is 5.82 Å². The summed E-state index contributed by atoms with van der Waals surface area (Å²) in [6.45, 7) is 1.10. The summed E-state index contributed by atoms with van der Waals surface area (Å²) < 4.78 is 14.2. The van der Waals surface area contributed by atoms with E-state index < -0.39 is 17.7 Å². The standard InChI is InChI=1S/C14H16BrFN2O3.ClH/c15-10-3-4-12(11(16)6-10)17-13(19)8-18-5-1-2-9(7-18)14(20)21;/h3-4,6,9H,1-2,5,7-8H2,(H,17,19)(H,20,21);1H. The maximum absolute atomic E-state index is 13.6. The Bertz CT molecular complexity index is 559. The van der Waals surface area contributed by atoms with Crippen LogP contribution in [0.4, 0.5) is 10.1 Å². The summed E-state index contributed by atoms with van der Waals surface area (Å²) in [5.41, 5.74) is 0.120. The number of carboxylic acid groups (broad SMARTS) is 1. The van der Waals surface area contributed by atoms with Crippen LogP contribution in [0.1, 0.15) is 12.8 Å². The smallest absolute Gasteiger partial charge is 0.307 e. The number of halogens is 3. The minimum absolute atomic E-state index is 0. The van der Waals surface area contributed by atoms with Crippen LogP contribution in [0, 0.1) is 11.7 Å². The van der Waals surface area contributed by atoms with Crippen molar-refractivity contribution in [2.24, 2.45) is 5.92 Å². The zero-order valence-electron chi connectivity index (χ0n) is 11.7. The Morgan fingerprint density at radius 2 is 2.18 bits per heavy atom. The van der Waals surface area contributed by atoms with Crippen molar-refractivity contribution in [1.29, 1.82) is 0 Å². The van der Waals surface area contributed by atoms with E-state index in [4.69, 9.17) is 5.11 Å². The van der Waals surface area contributed by atoms with Crippen molar-refractivity contribution >= 4 is 45.9 Å². The van der Waals surface area contributed by atoms with Gasteiger partial charge in [0.15, 0.2) is 0 Å². The summed E-state index contributed by atoms with van der Waals surface area (Å²) in [5.74, 6) is -2.13. The Morgan fingerprint density at radius 1 is 1.45 bits per heavy atom. The number of nitrogens with zero attached hydrogens (tertiary/aromatic N) is 1. The Balaban J connectivity index is 0.00000242. The lowest BCUT2D eigenvalue weighted by Crippen LogP contribution is -2.42. The second-order valence-electron chi connectivity index (χ2n) is 5.08. The molecule has 2 rings (SSSR count). The molecule has 0 saturated carbocycles. The van der Waals surface area contributed by atoms with E-state index in [0.717, 1.165) is 6.42 Å². The number of carboxylic acids is 1. The first-order valence-corrected chi connectivity index (χ1v) is 7.45. The highest BCUT2D eigenvalue weighted by Crippen LogP contribution is 2.20. The molecule has 1 atom stereocenters. The third-order valence-electron chi connectivity index (χ3n) is 3.43. The maximum atomic E-state index is 13.6. The van der Waals surface area contributed by atoms with E-state index in [1.165, 1.54) is 12.1 Å². The molecule has 8 heteroatoms. The molecule has 122 valence electrons. The quantitative estimate of drug-likeness (QED) is 0.822. The van der Waals surface area contributed by atoms with E-state index in [2.05, 4.69) is 21.2 Å². The summed E-state index contributed by atoms with van der Waals surface area (Å²) in [7, 11) is 0. The Labute approximate surface area is 142 Å². The van der Waals surface area contributed by atoms with E-state index in [1.807, 2.05) is 0 Å². The molecular formula is C14H17BrClFN2O3. The van der Waals surface area contributed by atoms with Gasteiger partial charge in [-0.2, -0.15) is 0 Å². The second-order valence-corrected chi connectivity index (χ2v) is 6.00. The van der Waals surface area contributed by atoms with Gasteiger partial charge in [0.25, 0.3) is 0 Å². The summed E-state index contributed by atoms with van der Waals surface area (Å²) in [6, 6.07) is 4.39. The summed E-state index contributed by atoms with van der Waals surface area (Å²) >= 11 is 3.15. The van der Waals surface area contributed by atoms with Gasteiger partial charge in [0.05, 0.1) is 18.2 Å². The van der Waals surface area contributed by atoms with Gasteiger partial charge in [-0.05, 0) is 37.6 Å². The zero-order valence-corrected chi connectivity index (χ0v) is 14.1. The lowest BCUT2D eigenvalue weighted by Gasteiger charge is -2.29. The van der Waals surface area contributed by atoms with Gasteiger partial charge in [-0.25, -0.2) is 4.39 Å². The number of benzene rings is 1. The number of anilines is 1. The molecule has 0 bridgehead atoms. The Hall–Kier alpha value is -1.18. The van der Waals surface area contributed by atoms with Gasteiger partial charge in [0, 0.05) is 11.0 Å². The first kappa shape index (κ1) is 18.9. The third-order valence-corrected chi connectivity index (χ3v) is 3.92. The number of likely N-dealkylation sites (tertiary alicyclic amines) is 1. The number of carbonyl (C=O) groups excluding carboxylic acids is 1. The van der Waals surface area contributed by atoms with Crippen LogP contribution in [0.5, 0.6) is 0 Å². The summed E-state index contributed by atoms with van der Waals surface area (Å²) in [5, 5.41) is 11.5. The van der Waals surface area contributed by atoms with Crippen molar-refractivity contribution in [3.05, 3.63) is 28.5 Å². The van der Waals surface area contributed by atoms with Crippen LogP contribution in [0.25, 0.3) is 0 Å². The van der Waals surface area contributed by atoms with Crippen molar-refractivity contribution in [1.82, 2.24) is 4.90 Å². The molecule has 0 radical (unpaired) electrons. The molecule has 1 aromatic rings. The molecule has 0 aliphatic carbocycles. The Morgan fingerprint density at radius 3 is 2.82 bits per heavy atom. The van der Waals surface area contributed by atoms with Gasteiger partial charge in [-0.3, -0.25) is 14.5 Å². The third kappa shape index (κ3) is 5.23. The molecular weight excluding hydrogens is 379 g/mol. The van der Waals surface area contributed by atoms with Crippen molar-refractivity contribution in [3.63, 3.8) is 0 Å². The SMILES string of the molecule is Cl.O=C(CN1CCCC(C(=O)O)C1)Nc1ccc(Br)cc1F. The number of piperidine rings is 1. The predicted octanol–water partition coefficient (Wildman–Crippen LogP) is 2.75. The van der Waals surface area contributed by atoms with Crippen molar-refractivity contribution in [3.8, 4) is 0 Å². The molecule has 22 heavy (non-hydrogen) atoms. The van der Waals surface area contributed by atoms with Gasteiger partial charge >= 0.3 is 5.97 Å². The number of aliphatic carboxylic acids is 1. The number of rotatable bonds is 4. The molecule has 1 aliphatic rings. The normalized spacial score (nSPS) is 18.4. The zero-order chi connectivity index (χ0) is 15.4. The molecule has 2 N–H and O–H groups in total. The lowest BCUT2D eigenvalue weighted by molar-refractivity contribution is -0.144. The maximum Gasteiger partial charge on any atom is 0.307 e. The van der Waals surface area contributed by atoms with Gasteiger partial charge in [0.2, 0.25) is 5.91 Å². The van der Waals surface area contributed by atoms with E-state index in [9.17, 15) is 14.0 Å². The van der Waals surface area contributed by atoms with Crippen LogP contribution in [0.15, 0.2) is 22.7 Å². The van der Waals surface area contributed by atoms with E-state index >= 15 is 0 Å². The molecule has 1 aliphatic heterocycles. The number of hydrogen-bond donors (Lipinski definition) is 2. The van der Waals surface area contributed by atoms with Crippen LogP contribution >= 0.6 is 28.3 Å². The highest BCUT2D eigenvalue weighted by Gasteiger charge is 2.26. The van der Waals surface area contributed by atoms with Gasteiger partial charge in [-0.1, -0.05) is 15.9 Å². The molecule has 5 nitrogen and oxygen atoms in total. The molecule has 1 amide bonds. The topological polar surface area (TPSA) is 69.6 Å². The number of nitrogens with one attached hydrogen (secondary N) is 1. The van der Waals surface area contributed by atoms with Crippen LogP contribution in [0.3, 0.4) is 0 Å². The molecule has 1 unspecified atom stereocenters. The monoisotopic (exact) mass is 394 g/mol. The van der Waals surface area contributed by atoms with E-state index in [1.54, 1.807) is 11.0 Å². The fourth-order valence-electron chi connectivity index (χ4n) is 2.38. The van der Waals surface area contributed by atoms with Crippen molar-refractivity contribution < 1.29 is 19.1 Å². The summed E-state index contributed by atoms with van der Waals surface area (Å²) in [6.07, 6.45) is 1.38. The lowest BCUT2D eigenvalue weighted by atomic mass is 9.98. The van der Waals surface area contributed by atoms with Crippen molar-refractivity contribution in [2.45, 2.75) is 12.8 Å². The molecule has 1 aromatic carbocycles. The van der Waals surface area contributed by atoms with Gasteiger partial charge in [-0.15, -0.1) is 12.4 Å². The molecule has 0 spiro atoms. The average molecular weight is 396 g/mol. The highest BCUT2D eigenvalue weighted by atomic mass is 79.9. The molecule has 1 fully saturated rings. The van der Waals surface area contributed by atoms with E-state index in [-0.39, 0.29) is 30.5 Å². The van der Waals surface area contributed by atoms with Crippen molar-refractivity contribution in [2.75, 3.05) is 25.0 Å². The largest absolute Gasteiger partial charge is 0.481 e. The predicted molar refractivity (Wildman–Crippen MR) is 86.8 cm³/mol. The first-order valence-electron chi connectivity index (χ1n) is 6.66. The number of hydrogen-bond acceptors (Lipinski definition) is 3. The Kier molecular flexibility index (Phi) is 7.25. The highest BCUT2D eigenvalue weighted by molar-refractivity contribution is 9.10. The molecule has 0 aromatic heterocycles. The number of carbonyl (C=O) groups is 2. The fraction of sp³-hybridized carbons (Fsp3) is 0.429. The fourth-order valence-corrected chi connectivity index (χ4v) is 2.72. The van der Waals surface area contributed by atoms with Crippen LogP contribution in [-0.4, -0.2) is 41.5 Å². The van der Waals surface area contributed by atoms with Gasteiger partial charge < -0.3 is 10.4 Å². The first-order chi connectivity index (χ1) is 9.95.